The summed E-state index contributed by atoms with van der Waals surface area (Å²) in [5.74, 6) is 1.27. The third-order valence-electron chi connectivity index (χ3n) is 5.43. The maximum absolute atomic E-state index is 12.9. The van der Waals surface area contributed by atoms with E-state index in [9.17, 15) is 9.90 Å². The third kappa shape index (κ3) is 3.03. The Labute approximate surface area is 142 Å². The molecule has 1 aliphatic heterocycles. The Morgan fingerprint density at radius 3 is 2.54 bits per heavy atom. The lowest BCUT2D eigenvalue weighted by molar-refractivity contribution is -0.134. The lowest BCUT2D eigenvalue weighted by atomic mass is 9.98. The van der Waals surface area contributed by atoms with E-state index in [2.05, 4.69) is 35.2 Å². The summed E-state index contributed by atoms with van der Waals surface area (Å²) in [5, 5.41) is 9.59. The molecule has 124 valence electrons. The predicted octanol–water partition coefficient (Wildman–Crippen LogP) is 3.20. The first-order chi connectivity index (χ1) is 11.7. The molecule has 1 amide bonds. The fraction of sp³-hybridized carbons (Fsp3) is 0.381. The number of hydrogen-bond acceptors (Lipinski definition) is 2. The maximum atomic E-state index is 12.9. The van der Waals surface area contributed by atoms with Gasteiger partial charge in [-0.05, 0) is 60.4 Å². The summed E-state index contributed by atoms with van der Waals surface area (Å²) in [6.45, 7) is 1.72. The molecule has 3 heteroatoms. The van der Waals surface area contributed by atoms with Gasteiger partial charge in [0.05, 0.1) is 0 Å². The van der Waals surface area contributed by atoms with E-state index >= 15 is 0 Å². The molecule has 2 aliphatic rings. The standard InChI is InChI=1S/C21H23NO2/c23-20-7-3-4-15(11-20)10-16-8-9-22(14-16)21(24)19-12-17-5-1-2-6-18(17)13-19/h1-7,11,16,19,23H,8-10,12-14H2. The number of phenolic OH excluding ortho intramolecular Hbond substituents is 1. The van der Waals surface area contributed by atoms with Crippen LogP contribution in [-0.2, 0) is 24.1 Å². The van der Waals surface area contributed by atoms with Gasteiger partial charge in [0.25, 0.3) is 0 Å². The Bertz CT molecular complexity index is 730. The van der Waals surface area contributed by atoms with Crippen LogP contribution in [0.2, 0.25) is 0 Å². The molecule has 1 aliphatic carbocycles. The minimum atomic E-state index is 0.127. The van der Waals surface area contributed by atoms with Crippen molar-refractivity contribution in [3.05, 3.63) is 65.2 Å². The van der Waals surface area contributed by atoms with Crippen LogP contribution in [0, 0.1) is 11.8 Å². The molecule has 24 heavy (non-hydrogen) atoms. The van der Waals surface area contributed by atoms with Gasteiger partial charge in [0.1, 0.15) is 5.75 Å². The number of benzene rings is 2. The van der Waals surface area contributed by atoms with Crippen LogP contribution < -0.4 is 0 Å². The molecule has 2 aromatic rings. The van der Waals surface area contributed by atoms with Crippen LogP contribution in [-0.4, -0.2) is 29.0 Å². The average molecular weight is 321 g/mol. The minimum absolute atomic E-state index is 0.127. The average Bonchev–Trinajstić information content (AvgIpc) is 3.20. The lowest BCUT2D eigenvalue weighted by Crippen LogP contribution is -2.35. The van der Waals surface area contributed by atoms with E-state index in [1.54, 1.807) is 6.07 Å². The SMILES string of the molecule is O=C(C1Cc2ccccc2C1)N1CCC(Cc2cccc(O)c2)C1. The highest BCUT2D eigenvalue weighted by Gasteiger charge is 2.34. The van der Waals surface area contributed by atoms with E-state index in [1.807, 2.05) is 12.1 Å². The van der Waals surface area contributed by atoms with E-state index in [0.717, 1.165) is 44.3 Å². The first kappa shape index (κ1) is 15.3. The number of hydrogen-bond donors (Lipinski definition) is 1. The van der Waals surface area contributed by atoms with E-state index in [4.69, 9.17) is 0 Å². The molecule has 1 heterocycles. The maximum Gasteiger partial charge on any atom is 0.226 e. The van der Waals surface area contributed by atoms with Gasteiger partial charge in [-0.3, -0.25) is 4.79 Å². The largest absolute Gasteiger partial charge is 0.508 e. The molecule has 0 saturated carbocycles. The van der Waals surface area contributed by atoms with Crippen molar-refractivity contribution in [2.24, 2.45) is 11.8 Å². The number of carbonyl (C=O) groups excluding carboxylic acids is 1. The number of nitrogens with zero attached hydrogens (tertiary/aromatic N) is 1. The summed E-state index contributed by atoms with van der Waals surface area (Å²) in [7, 11) is 0. The van der Waals surface area contributed by atoms with E-state index in [-0.39, 0.29) is 5.92 Å². The van der Waals surface area contributed by atoms with Crippen molar-refractivity contribution in [2.45, 2.75) is 25.7 Å². The molecule has 1 saturated heterocycles. The highest BCUT2D eigenvalue weighted by Crippen LogP contribution is 2.30. The van der Waals surface area contributed by atoms with Crippen LogP contribution in [0.5, 0.6) is 5.75 Å². The van der Waals surface area contributed by atoms with Crippen molar-refractivity contribution in [1.29, 1.82) is 0 Å². The minimum Gasteiger partial charge on any atom is -0.508 e. The molecular formula is C21H23NO2. The van der Waals surface area contributed by atoms with Gasteiger partial charge in [-0.2, -0.15) is 0 Å². The molecule has 3 nitrogen and oxygen atoms in total. The number of rotatable bonds is 3. The van der Waals surface area contributed by atoms with Crippen molar-refractivity contribution < 1.29 is 9.90 Å². The highest BCUT2D eigenvalue weighted by atomic mass is 16.3. The third-order valence-corrected chi connectivity index (χ3v) is 5.43. The molecule has 1 fully saturated rings. The summed E-state index contributed by atoms with van der Waals surface area (Å²) in [6.07, 6.45) is 3.77. The fourth-order valence-electron chi connectivity index (χ4n) is 4.21. The van der Waals surface area contributed by atoms with Crippen LogP contribution in [0.25, 0.3) is 0 Å². The quantitative estimate of drug-likeness (QED) is 0.943. The van der Waals surface area contributed by atoms with Gasteiger partial charge in [-0.15, -0.1) is 0 Å². The first-order valence-corrected chi connectivity index (χ1v) is 8.82. The summed E-state index contributed by atoms with van der Waals surface area (Å²) >= 11 is 0. The lowest BCUT2D eigenvalue weighted by Gasteiger charge is -2.20. The van der Waals surface area contributed by atoms with Gasteiger partial charge in [0.15, 0.2) is 0 Å². The van der Waals surface area contributed by atoms with Crippen LogP contribution in [0.15, 0.2) is 48.5 Å². The topological polar surface area (TPSA) is 40.5 Å². The smallest absolute Gasteiger partial charge is 0.226 e. The second kappa shape index (κ2) is 6.31. The van der Waals surface area contributed by atoms with Crippen LogP contribution in [0.1, 0.15) is 23.1 Å². The van der Waals surface area contributed by atoms with Gasteiger partial charge in [-0.1, -0.05) is 36.4 Å². The number of fused-ring (bicyclic) bond motifs is 1. The highest BCUT2D eigenvalue weighted by molar-refractivity contribution is 5.80. The van der Waals surface area contributed by atoms with Crippen molar-refractivity contribution in [1.82, 2.24) is 4.90 Å². The number of phenols is 1. The summed E-state index contributed by atoms with van der Waals surface area (Å²) in [5.41, 5.74) is 3.83. The van der Waals surface area contributed by atoms with Gasteiger partial charge in [-0.25, -0.2) is 0 Å². The van der Waals surface area contributed by atoms with Gasteiger partial charge < -0.3 is 10.0 Å². The van der Waals surface area contributed by atoms with Crippen LogP contribution in [0.3, 0.4) is 0 Å². The molecule has 0 spiro atoms. The molecule has 1 unspecified atom stereocenters. The van der Waals surface area contributed by atoms with Crippen molar-refractivity contribution in [3.8, 4) is 5.75 Å². The Morgan fingerprint density at radius 1 is 1.08 bits per heavy atom. The van der Waals surface area contributed by atoms with Crippen molar-refractivity contribution >= 4 is 5.91 Å². The Kier molecular flexibility index (Phi) is 4.01. The van der Waals surface area contributed by atoms with Gasteiger partial charge >= 0.3 is 0 Å². The molecule has 1 atom stereocenters. The summed E-state index contributed by atoms with van der Waals surface area (Å²) in [4.78, 5) is 14.9. The summed E-state index contributed by atoms with van der Waals surface area (Å²) in [6, 6.07) is 15.9. The van der Waals surface area contributed by atoms with E-state index in [1.165, 1.54) is 11.1 Å². The molecule has 2 aromatic carbocycles. The Morgan fingerprint density at radius 2 is 1.83 bits per heavy atom. The number of carbonyl (C=O) groups is 1. The second-order valence-electron chi connectivity index (χ2n) is 7.19. The predicted molar refractivity (Wildman–Crippen MR) is 93.8 cm³/mol. The van der Waals surface area contributed by atoms with Gasteiger partial charge in [0.2, 0.25) is 5.91 Å². The zero-order chi connectivity index (χ0) is 16.5. The van der Waals surface area contributed by atoms with E-state index in [0.29, 0.717) is 17.6 Å². The second-order valence-corrected chi connectivity index (χ2v) is 7.19. The van der Waals surface area contributed by atoms with Gasteiger partial charge in [0, 0.05) is 19.0 Å². The Balaban J connectivity index is 1.36. The molecular weight excluding hydrogens is 298 g/mol. The molecule has 0 radical (unpaired) electrons. The zero-order valence-corrected chi connectivity index (χ0v) is 13.8. The number of aromatic hydroxyl groups is 1. The van der Waals surface area contributed by atoms with Crippen molar-refractivity contribution in [2.75, 3.05) is 13.1 Å². The molecule has 1 N–H and O–H groups in total. The molecule has 0 aromatic heterocycles. The Hall–Kier alpha value is -2.29. The summed E-state index contributed by atoms with van der Waals surface area (Å²) < 4.78 is 0. The van der Waals surface area contributed by atoms with Crippen LogP contribution >= 0.6 is 0 Å². The van der Waals surface area contributed by atoms with Crippen LogP contribution in [0.4, 0.5) is 0 Å². The number of amides is 1. The molecule has 0 bridgehead atoms. The van der Waals surface area contributed by atoms with E-state index < -0.39 is 0 Å². The normalized spacial score (nSPS) is 20.3. The zero-order valence-electron chi connectivity index (χ0n) is 13.8. The molecule has 4 rings (SSSR count). The fourth-order valence-corrected chi connectivity index (χ4v) is 4.21. The first-order valence-electron chi connectivity index (χ1n) is 8.82. The number of likely N-dealkylation sites (tertiary alicyclic amines) is 1. The van der Waals surface area contributed by atoms with Crippen molar-refractivity contribution in [3.63, 3.8) is 0 Å². The monoisotopic (exact) mass is 321 g/mol.